The van der Waals surface area contributed by atoms with Crippen LogP contribution >= 0.6 is 0 Å². The molecule has 36 heavy (non-hydrogen) atoms. The SMILES string of the molecule is Cc1ccccc1C(=O)OC1CC(C(=O)O)C2(C)CCC3C(=O)OC(c4ccoc4)CC3(C)C2C1=O. The molecule has 5 rings (SSSR count). The fourth-order valence-corrected chi connectivity index (χ4v) is 7.13. The van der Waals surface area contributed by atoms with Crippen molar-refractivity contribution in [2.24, 2.45) is 28.6 Å². The number of cyclic esters (lactones) is 1. The number of hydrogen-bond donors (Lipinski definition) is 1. The van der Waals surface area contributed by atoms with Crippen LogP contribution in [0.1, 0.15) is 67.1 Å². The van der Waals surface area contributed by atoms with Crippen LogP contribution in [0.15, 0.2) is 47.3 Å². The van der Waals surface area contributed by atoms with Gasteiger partial charge in [0, 0.05) is 17.9 Å². The molecule has 0 bridgehead atoms. The Bertz CT molecular complexity index is 1220. The second-order valence-corrected chi connectivity index (χ2v) is 11.0. The van der Waals surface area contributed by atoms with Crippen LogP contribution in [0.5, 0.6) is 0 Å². The first-order valence-electron chi connectivity index (χ1n) is 12.3. The van der Waals surface area contributed by atoms with E-state index in [1.165, 1.54) is 12.5 Å². The summed E-state index contributed by atoms with van der Waals surface area (Å²) in [6.45, 7) is 5.49. The van der Waals surface area contributed by atoms with E-state index >= 15 is 0 Å². The topological polar surface area (TPSA) is 120 Å². The molecule has 2 saturated carbocycles. The lowest BCUT2D eigenvalue weighted by atomic mass is 9.43. The maximum Gasteiger partial charge on any atom is 0.339 e. The molecule has 7 unspecified atom stereocenters. The monoisotopic (exact) mass is 494 g/mol. The van der Waals surface area contributed by atoms with Crippen molar-refractivity contribution in [3.05, 3.63) is 59.5 Å². The first-order valence-corrected chi connectivity index (χ1v) is 12.3. The number of benzene rings is 1. The number of ketones is 1. The Hall–Kier alpha value is -3.42. The molecule has 2 heterocycles. The number of carbonyl (C=O) groups is 4. The number of carboxylic acid groups (broad SMARTS) is 1. The van der Waals surface area contributed by atoms with Crippen LogP contribution in [-0.4, -0.2) is 34.9 Å². The van der Waals surface area contributed by atoms with Crippen LogP contribution in [0.25, 0.3) is 0 Å². The second kappa shape index (κ2) is 8.61. The van der Waals surface area contributed by atoms with Gasteiger partial charge in [0.25, 0.3) is 0 Å². The molecule has 1 saturated heterocycles. The minimum atomic E-state index is -1.21. The molecule has 2 aromatic rings. The summed E-state index contributed by atoms with van der Waals surface area (Å²) >= 11 is 0. The van der Waals surface area contributed by atoms with E-state index in [0.29, 0.717) is 36.0 Å². The van der Waals surface area contributed by atoms with Gasteiger partial charge in [-0.1, -0.05) is 32.0 Å². The van der Waals surface area contributed by atoms with E-state index < -0.39 is 58.7 Å². The number of esters is 2. The third-order valence-corrected chi connectivity index (χ3v) is 8.93. The number of furan rings is 1. The highest BCUT2D eigenvalue weighted by Gasteiger charge is 2.67. The summed E-state index contributed by atoms with van der Waals surface area (Å²) in [7, 11) is 0. The highest BCUT2D eigenvalue weighted by atomic mass is 16.6. The molecule has 7 atom stereocenters. The molecule has 2 aliphatic carbocycles. The summed E-state index contributed by atoms with van der Waals surface area (Å²) < 4.78 is 16.6. The average molecular weight is 495 g/mol. The molecule has 0 amide bonds. The number of aliphatic carboxylic acids is 1. The van der Waals surface area contributed by atoms with Crippen molar-refractivity contribution >= 4 is 23.7 Å². The predicted molar refractivity (Wildman–Crippen MR) is 126 cm³/mol. The lowest BCUT2D eigenvalue weighted by Gasteiger charge is -2.60. The second-order valence-electron chi connectivity index (χ2n) is 11.0. The Balaban J connectivity index is 1.53. The van der Waals surface area contributed by atoms with Crippen molar-refractivity contribution < 1.29 is 38.2 Å². The average Bonchev–Trinajstić information content (AvgIpc) is 3.35. The van der Waals surface area contributed by atoms with Gasteiger partial charge in [-0.05, 0) is 54.7 Å². The van der Waals surface area contributed by atoms with Crippen LogP contribution in [0, 0.1) is 35.5 Å². The molecule has 0 radical (unpaired) electrons. The van der Waals surface area contributed by atoms with Crippen LogP contribution in [0.3, 0.4) is 0 Å². The predicted octanol–water partition coefficient (Wildman–Crippen LogP) is 4.51. The number of aryl methyl sites for hydroxylation is 1. The van der Waals surface area contributed by atoms with Crippen molar-refractivity contribution in [2.45, 2.75) is 58.7 Å². The summed E-state index contributed by atoms with van der Waals surface area (Å²) in [5, 5.41) is 10.2. The quantitative estimate of drug-likeness (QED) is 0.617. The first kappa shape index (κ1) is 24.3. The lowest BCUT2D eigenvalue weighted by Crippen LogP contribution is -2.64. The van der Waals surface area contributed by atoms with Gasteiger partial charge in [-0.25, -0.2) is 4.79 Å². The van der Waals surface area contributed by atoms with E-state index in [0.717, 1.165) is 0 Å². The number of carbonyl (C=O) groups excluding carboxylic acids is 3. The Morgan fingerprint density at radius 3 is 2.53 bits per heavy atom. The van der Waals surface area contributed by atoms with E-state index in [4.69, 9.17) is 13.9 Å². The van der Waals surface area contributed by atoms with E-state index in [1.807, 2.05) is 13.8 Å². The fraction of sp³-hybridized carbons (Fsp3) is 0.500. The van der Waals surface area contributed by atoms with Gasteiger partial charge in [0.15, 0.2) is 11.9 Å². The zero-order valence-electron chi connectivity index (χ0n) is 20.6. The van der Waals surface area contributed by atoms with Crippen LogP contribution < -0.4 is 0 Å². The molecule has 0 spiro atoms. The van der Waals surface area contributed by atoms with E-state index in [1.54, 1.807) is 37.3 Å². The van der Waals surface area contributed by atoms with Crippen molar-refractivity contribution in [3.8, 4) is 0 Å². The number of Topliss-reactive ketones (excluding diaryl/α,β-unsaturated/α-hetero) is 1. The number of fused-ring (bicyclic) bond motifs is 3. The standard InChI is InChI=1S/C28H30O8/c1-15-6-4-5-7-17(15)25(32)35-20-12-19(24(30)31)27(2)10-8-18-26(33)36-21(16-9-11-34-14-16)13-28(18,3)23(27)22(20)29/h4-7,9,11,14,18-21,23H,8,10,12-13H2,1-3H3,(H,30,31). The zero-order chi connectivity index (χ0) is 25.8. The highest BCUT2D eigenvalue weighted by molar-refractivity contribution is 5.96. The molecule has 1 aromatic carbocycles. The summed E-state index contributed by atoms with van der Waals surface area (Å²) in [5.74, 6) is -4.65. The first-order chi connectivity index (χ1) is 17.1. The maximum absolute atomic E-state index is 14.1. The summed E-state index contributed by atoms with van der Waals surface area (Å²) in [6.07, 6.45) is 2.28. The number of hydrogen-bond acceptors (Lipinski definition) is 7. The third kappa shape index (κ3) is 3.65. The number of carboxylic acids is 1. The Morgan fingerprint density at radius 2 is 1.86 bits per heavy atom. The molecule has 1 aliphatic heterocycles. The molecule has 3 aliphatic rings. The van der Waals surface area contributed by atoms with Gasteiger partial charge in [0.2, 0.25) is 0 Å². The smallest absolute Gasteiger partial charge is 0.339 e. The van der Waals surface area contributed by atoms with Crippen molar-refractivity contribution in [1.29, 1.82) is 0 Å². The van der Waals surface area contributed by atoms with E-state index in [9.17, 15) is 24.3 Å². The van der Waals surface area contributed by atoms with Gasteiger partial charge in [-0.2, -0.15) is 0 Å². The van der Waals surface area contributed by atoms with Gasteiger partial charge in [0.1, 0.15) is 6.10 Å². The van der Waals surface area contributed by atoms with Gasteiger partial charge < -0.3 is 19.0 Å². The Labute approximate surface area is 209 Å². The molecule has 8 heteroatoms. The molecular formula is C28H30O8. The lowest BCUT2D eigenvalue weighted by molar-refractivity contribution is -0.207. The molecule has 8 nitrogen and oxygen atoms in total. The summed E-state index contributed by atoms with van der Waals surface area (Å²) in [6, 6.07) is 8.62. The molecule has 1 N–H and O–H groups in total. The van der Waals surface area contributed by atoms with E-state index in [2.05, 4.69) is 0 Å². The normalized spacial score (nSPS) is 35.8. The third-order valence-electron chi connectivity index (χ3n) is 8.93. The molecule has 3 fully saturated rings. The van der Waals surface area contributed by atoms with Crippen LogP contribution in [-0.2, 0) is 23.9 Å². The maximum atomic E-state index is 14.1. The van der Waals surface area contributed by atoms with Gasteiger partial charge in [-0.15, -0.1) is 0 Å². The zero-order valence-corrected chi connectivity index (χ0v) is 20.6. The van der Waals surface area contributed by atoms with Gasteiger partial charge in [-0.3, -0.25) is 14.4 Å². The minimum absolute atomic E-state index is 0.0882. The van der Waals surface area contributed by atoms with Crippen molar-refractivity contribution in [3.63, 3.8) is 0 Å². The molecular weight excluding hydrogens is 464 g/mol. The highest BCUT2D eigenvalue weighted by Crippen LogP contribution is 2.65. The largest absolute Gasteiger partial charge is 0.481 e. The molecule has 190 valence electrons. The van der Waals surface area contributed by atoms with Gasteiger partial charge >= 0.3 is 17.9 Å². The minimum Gasteiger partial charge on any atom is -0.481 e. The van der Waals surface area contributed by atoms with Crippen LogP contribution in [0.4, 0.5) is 0 Å². The van der Waals surface area contributed by atoms with Crippen molar-refractivity contribution in [2.75, 3.05) is 0 Å². The number of rotatable bonds is 4. The van der Waals surface area contributed by atoms with Crippen molar-refractivity contribution in [1.82, 2.24) is 0 Å². The van der Waals surface area contributed by atoms with E-state index in [-0.39, 0.29) is 12.2 Å². The summed E-state index contributed by atoms with van der Waals surface area (Å²) in [4.78, 5) is 52.8. The Kier molecular flexibility index (Phi) is 5.80. The summed E-state index contributed by atoms with van der Waals surface area (Å²) in [5.41, 5.74) is -0.0374. The van der Waals surface area contributed by atoms with Crippen LogP contribution in [0.2, 0.25) is 0 Å². The van der Waals surface area contributed by atoms with Gasteiger partial charge in [0.05, 0.1) is 29.9 Å². The number of ether oxygens (including phenoxy) is 2. The fourth-order valence-electron chi connectivity index (χ4n) is 7.13. The Morgan fingerprint density at radius 1 is 1.11 bits per heavy atom. The molecule has 1 aromatic heterocycles.